The number of methoxy groups -OCH3 is 2. The van der Waals surface area contributed by atoms with Crippen molar-refractivity contribution in [1.82, 2.24) is 5.43 Å². The van der Waals surface area contributed by atoms with Crippen LogP contribution in [0.25, 0.3) is 0 Å². The largest absolute Gasteiger partial charge is 0.496 e. The molecule has 0 aromatic heterocycles. The lowest BCUT2D eigenvalue weighted by molar-refractivity contribution is 0.284. The van der Waals surface area contributed by atoms with E-state index in [1.165, 1.54) is 0 Å². The van der Waals surface area contributed by atoms with Crippen molar-refractivity contribution in [3.63, 3.8) is 0 Å². The fraction of sp³-hybridized carbons (Fsp3) is 0.174. The lowest BCUT2D eigenvalue weighted by atomic mass is 10.2. The molecule has 3 rings (SSSR count). The summed E-state index contributed by atoms with van der Waals surface area (Å²) in [5.74, 6) is 1.89. The third-order valence-corrected chi connectivity index (χ3v) is 4.53. The van der Waals surface area contributed by atoms with Gasteiger partial charge in [-0.2, -0.15) is 5.10 Å². The molecule has 29 heavy (non-hydrogen) atoms. The van der Waals surface area contributed by atoms with E-state index >= 15 is 0 Å². The Balaban J connectivity index is 1.65. The highest BCUT2D eigenvalue weighted by molar-refractivity contribution is 6.32. The molecule has 0 aliphatic heterocycles. The molecule has 0 bridgehead atoms. The van der Waals surface area contributed by atoms with E-state index in [2.05, 4.69) is 10.5 Å². The molecule has 0 unspecified atom stereocenters. The average Bonchev–Trinajstić information content (AvgIpc) is 2.76. The van der Waals surface area contributed by atoms with Crippen LogP contribution < -0.4 is 19.6 Å². The summed E-state index contributed by atoms with van der Waals surface area (Å²) in [6.07, 6.45) is 1.69. The number of hydrazone groups is 1. The zero-order valence-corrected chi connectivity index (χ0v) is 17.1. The fourth-order valence-corrected chi connectivity index (χ4v) is 3.06. The van der Waals surface area contributed by atoms with E-state index < -0.39 is 0 Å². The standard InChI is InChI=1S/C23H23ClN2O3/c1-27-21-11-7-6-10-19(21)15-26-25-14-18-12-20(24)23(22(13-18)28-2)29-16-17-8-4-3-5-9-17/h3-14,26H,15-16H2,1-2H3/b25-14+. The number of ether oxygens (including phenoxy) is 3. The van der Waals surface area contributed by atoms with Gasteiger partial charge in [-0.15, -0.1) is 0 Å². The van der Waals surface area contributed by atoms with Gasteiger partial charge in [0.1, 0.15) is 12.4 Å². The summed E-state index contributed by atoms with van der Waals surface area (Å²) in [7, 11) is 3.24. The smallest absolute Gasteiger partial charge is 0.180 e. The second-order valence-electron chi connectivity index (χ2n) is 6.21. The molecular weight excluding hydrogens is 388 g/mol. The Morgan fingerprint density at radius 3 is 2.41 bits per heavy atom. The number of hydrogen-bond donors (Lipinski definition) is 1. The molecule has 1 N–H and O–H groups in total. The maximum atomic E-state index is 6.42. The molecule has 0 atom stereocenters. The second kappa shape index (κ2) is 10.4. The molecule has 0 radical (unpaired) electrons. The van der Waals surface area contributed by atoms with Crippen molar-refractivity contribution in [3.8, 4) is 17.2 Å². The van der Waals surface area contributed by atoms with E-state index in [0.717, 1.165) is 22.4 Å². The van der Waals surface area contributed by atoms with Crippen molar-refractivity contribution >= 4 is 17.8 Å². The minimum Gasteiger partial charge on any atom is -0.496 e. The van der Waals surface area contributed by atoms with Crippen LogP contribution in [0.15, 0.2) is 71.8 Å². The first-order chi connectivity index (χ1) is 14.2. The topological polar surface area (TPSA) is 52.1 Å². The number of benzene rings is 3. The first-order valence-electron chi connectivity index (χ1n) is 9.13. The molecule has 0 aliphatic rings. The van der Waals surface area contributed by atoms with Crippen LogP contribution in [-0.4, -0.2) is 20.4 Å². The number of nitrogens with one attached hydrogen (secondary N) is 1. The predicted molar refractivity (Wildman–Crippen MR) is 116 cm³/mol. The molecule has 0 fully saturated rings. The molecular formula is C23H23ClN2O3. The Kier molecular flexibility index (Phi) is 7.36. The molecule has 5 nitrogen and oxygen atoms in total. The summed E-state index contributed by atoms with van der Waals surface area (Å²) >= 11 is 6.42. The van der Waals surface area contributed by atoms with Crippen LogP contribution in [0.1, 0.15) is 16.7 Å². The molecule has 150 valence electrons. The monoisotopic (exact) mass is 410 g/mol. The summed E-state index contributed by atoms with van der Waals surface area (Å²) < 4.78 is 16.7. The molecule has 0 aliphatic carbocycles. The van der Waals surface area contributed by atoms with Crippen molar-refractivity contribution in [2.45, 2.75) is 13.2 Å². The average molecular weight is 411 g/mol. The lowest BCUT2D eigenvalue weighted by Crippen LogP contribution is -2.07. The summed E-state index contributed by atoms with van der Waals surface area (Å²) in [6.45, 7) is 0.953. The zero-order valence-electron chi connectivity index (χ0n) is 16.4. The van der Waals surface area contributed by atoms with Crippen LogP contribution >= 0.6 is 11.6 Å². The number of nitrogens with zero attached hydrogens (tertiary/aromatic N) is 1. The summed E-state index contributed by atoms with van der Waals surface area (Å²) in [5, 5.41) is 4.73. The third kappa shape index (κ3) is 5.65. The van der Waals surface area contributed by atoms with Gasteiger partial charge in [0.05, 0.1) is 32.0 Å². The van der Waals surface area contributed by atoms with Gasteiger partial charge in [0.2, 0.25) is 0 Å². The second-order valence-corrected chi connectivity index (χ2v) is 6.62. The lowest BCUT2D eigenvalue weighted by Gasteiger charge is -2.13. The fourth-order valence-electron chi connectivity index (χ4n) is 2.78. The third-order valence-electron chi connectivity index (χ3n) is 4.24. The molecule has 0 saturated carbocycles. The van der Waals surface area contributed by atoms with E-state index in [0.29, 0.717) is 29.7 Å². The van der Waals surface area contributed by atoms with Crippen molar-refractivity contribution in [2.24, 2.45) is 5.10 Å². The molecule has 3 aromatic carbocycles. The van der Waals surface area contributed by atoms with Crippen molar-refractivity contribution < 1.29 is 14.2 Å². The van der Waals surface area contributed by atoms with Gasteiger partial charge in [0, 0.05) is 5.56 Å². The SMILES string of the molecule is COc1ccccc1CN/N=C/c1cc(Cl)c(OCc2ccccc2)c(OC)c1. The normalized spacial score (nSPS) is 10.7. The Bertz CT molecular complexity index is 962. The Morgan fingerprint density at radius 1 is 0.931 bits per heavy atom. The molecule has 6 heteroatoms. The van der Waals surface area contributed by atoms with Crippen LogP contribution in [-0.2, 0) is 13.2 Å². The predicted octanol–water partition coefficient (Wildman–Crippen LogP) is 5.06. The van der Waals surface area contributed by atoms with Gasteiger partial charge in [0.15, 0.2) is 11.5 Å². The highest BCUT2D eigenvalue weighted by Crippen LogP contribution is 2.36. The van der Waals surface area contributed by atoms with Crippen molar-refractivity contribution in [3.05, 3.63) is 88.4 Å². The van der Waals surface area contributed by atoms with Crippen LogP contribution in [0, 0.1) is 0 Å². The van der Waals surface area contributed by atoms with Gasteiger partial charge in [-0.1, -0.05) is 60.1 Å². The zero-order chi connectivity index (χ0) is 20.5. The minimum absolute atomic E-state index is 0.408. The van der Waals surface area contributed by atoms with E-state index in [1.54, 1.807) is 26.5 Å². The van der Waals surface area contributed by atoms with Gasteiger partial charge in [-0.05, 0) is 29.3 Å². The summed E-state index contributed by atoms with van der Waals surface area (Å²) in [5.41, 5.74) is 5.89. The molecule has 0 heterocycles. The van der Waals surface area contributed by atoms with Crippen LogP contribution in [0.4, 0.5) is 0 Å². The maximum absolute atomic E-state index is 6.42. The number of rotatable bonds is 9. The molecule has 0 saturated heterocycles. The van der Waals surface area contributed by atoms with Gasteiger partial charge >= 0.3 is 0 Å². The van der Waals surface area contributed by atoms with E-state index in [-0.39, 0.29) is 0 Å². The van der Waals surface area contributed by atoms with Gasteiger partial charge < -0.3 is 19.6 Å². The first-order valence-corrected chi connectivity index (χ1v) is 9.51. The summed E-state index contributed by atoms with van der Waals surface area (Å²) in [4.78, 5) is 0. The number of para-hydroxylation sites is 1. The highest BCUT2D eigenvalue weighted by atomic mass is 35.5. The van der Waals surface area contributed by atoms with Gasteiger partial charge in [-0.25, -0.2) is 0 Å². The molecule has 0 amide bonds. The molecule has 3 aromatic rings. The van der Waals surface area contributed by atoms with Crippen LogP contribution in [0.5, 0.6) is 17.2 Å². The Hall–Kier alpha value is -3.18. The van der Waals surface area contributed by atoms with E-state index in [9.17, 15) is 0 Å². The Morgan fingerprint density at radius 2 is 1.66 bits per heavy atom. The maximum Gasteiger partial charge on any atom is 0.180 e. The van der Waals surface area contributed by atoms with Crippen LogP contribution in [0.2, 0.25) is 5.02 Å². The van der Waals surface area contributed by atoms with Gasteiger partial charge in [0.25, 0.3) is 0 Å². The number of halogens is 1. The van der Waals surface area contributed by atoms with Crippen molar-refractivity contribution in [1.29, 1.82) is 0 Å². The van der Waals surface area contributed by atoms with Crippen LogP contribution in [0.3, 0.4) is 0 Å². The Labute approximate surface area is 175 Å². The summed E-state index contributed by atoms with van der Waals surface area (Å²) in [6, 6.07) is 21.3. The highest BCUT2D eigenvalue weighted by Gasteiger charge is 2.12. The van der Waals surface area contributed by atoms with Crippen molar-refractivity contribution in [2.75, 3.05) is 14.2 Å². The molecule has 0 spiro atoms. The quantitative estimate of drug-likeness (QED) is 0.395. The van der Waals surface area contributed by atoms with E-state index in [1.807, 2.05) is 60.7 Å². The van der Waals surface area contributed by atoms with E-state index in [4.69, 9.17) is 25.8 Å². The first kappa shape index (κ1) is 20.6. The number of hydrogen-bond acceptors (Lipinski definition) is 5. The minimum atomic E-state index is 0.408. The van der Waals surface area contributed by atoms with Gasteiger partial charge in [-0.3, -0.25) is 0 Å².